The van der Waals surface area contributed by atoms with Crippen molar-refractivity contribution in [2.75, 3.05) is 0 Å². The molecule has 0 aliphatic heterocycles. The molecule has 0 amide bonds. The number of allylic oxidation sites excluding steroid dienone is 1. The van der Waals surface area contributed by atoms with E-state index in [4.69, 9.17) is 58.0 Å². The number of carbonyl (C=O) groups is 1. The SMILES string of the molecule is O=C1[C@@]2(Cl)[C@H]3C=CC4[C@@H](O)C3[C@](Cl)(C2(Cl)Cl)[C@]14Cl. The fourth-order valence-corrected chi connectivity index (χ4v) is 7.33. The Balaban J connectivity index is 2.17. The van der Waals surface area contributed by atoms with Crippen LogP contribution < -0.4 is 0 Å². The van der Waals surface area contributed by atoms with Crippen LogP contribution >= 0.6 is 58.0 Å². The zero-order valence-electron chi connectivity index (χ0n) is 8.71. The van der Waals surface area contributed by atoms with Crippen LogP contribution in [0.3, 0.4) is 0 Å². The van der Waals surface area contributed by atoms with Crippen LogP contribution in [-0.2, 0) is 4.79 Å². The molecule has 0 aromatic heterocycles. The third-order valence-corrected chi connectivity index (χ3v) is 9.07. The second-order valence-corrected chi connectivity index (χ2v) is 8.61. The van der Waals surface area contributed by atoms with Gasteiger partial charge < -0.3 is 5.11 Å². The topological polar surface area (TPSA) is 37.3 Å². The van der Waals surface area contributed by atoms with Crippen LogP contribution in [0.4, 0.5) is 0 Å². The second-order valence-electron chi connectivity index (χ2n) is 5.49. The Labute approximate surface area is 128 Å². The number of ketones is 1. The fourth-order valence-electron chi connectivity index (χ4n) is 4.41. The van der Waals surface area contributed by atoms with Crippen molar-refractivity contribution in [2.45, 2.75) is 25.1 Å². The van der Waals surface area contributed by atoms with Crippen molar-refractivity contribution in [1.82, 2.24) is 0 Å². The highest BCUT2D eigenvalue weighted by Gasteiger charge is 2.97. The Kier molecular flexibility index (Phi) is 2.01. The number of carbonyl (C=O) groups excluding carboxylic acids is 1. The Morgan fingerprint density at radius 3 is 2.17 bits per heavy atom. The van der Waals surface area contributed by atoms with Crippen LogP contribution in [0.25, 0.3) is 0 Å². The molecular formula is C11H7Cl5O2. The number of halogens is 5. The second kappa shape index (κ2) is 2.88. The van der Waals surface area contributed by atoms with E-state index in [1.165, 1.54) is 0 Å². The Bertz CT molecular complexity index is 534. The van der Waals surface area contributed by atoms with Gasteiger partial charge in [-0.05, 0) is 0 Å². The molecule has 1 N–H and O–H groups in total. The first-order chi connectivity index (χ1) is 8.16. The van der Waals surface area contributed by atoms with Gasteiger partial charge in [0.15, 0.2) is 10.1 Å². The maximum atomic E-state index is 12.6. The summed E-state index contributed by atoms with van der Waals surface area (Å²) in [6.45, 7) is 0. The Morgan fingerprint density at radius 1 is 1.00 bits per heavy atom. The molecule has 0 aromatic rings. The van der Waals surface area contributed by atoms with E-state index in [1.807, 2.05) is 0 Å². The smallest absolute Gasteiger partial charge is 0.180 e. The molecular weight excluding hydrogens is 341 g/mol. The zero-order valence-corrected chi connectivity index (χ0v) is 12.5. The highest BCUT2D eigenvalue weighted by atomic mass is 35.5. The molecule has 3 saturated carbocycles. The third-order valence-electron chi connectivity index (χ3n) is 5.13. The quantitative estimate of drug-likeness (QED) is 0.539. The number of Topliss-reactive ketones (excluding diaryl/α,β-unsaturated/α-hetero) is 1. The monoisotopic (exact) mass is 346 g/mol. The first kappa shape index (κ1) is 12.6. The van der Waals surface area contributed by atoms with Gasteiger partial charge in [-0.1, -0.05) is 35.4 Å². The maximum absolute atomic E-state index is 12.6. The molecule has 18 heavy (non-hydrogen) atoms. The third kappa shape index (κ3) is 0.752. The molecule has 2 nitrogen and oxygen atoms in total. The predicted octanol–water partition coefficient (Wildman–Crippen LogP) is 2.48. The lowest BCUT2D eigenvalue weighted by molar-refractivity contribution is -0.124. The van der Waals surface area contributed by atoms with Gasteiger partial charge in [0, 0.05) is 17.8 Å². The van der Waals surface area contributed by atoms with E-state index < -0.39 is 48.6 Å². The van der Waals surface area contributed by atoms with Crippen molar-refractivity contribution in [2.24, 2.45) is 17.8 Å². The van der Waals surface area contributed by atoms with Crippen molar-refractivity contribution >= 4 is 63.8 Å². The highest BCUT2D eigenvalue weighted by Crippen LogP contribution is 2.83. The number of rotatable bonds is 0. The lowest BCUT2D eigenvalue weighted by Crippen LogP contribution is -2.54. The lowest BCUT2D eigenvalue weighted by atomic mass is 9.78. The van der Waals surface area contributed by atoms with Crippen molar-refractivity contribution < 1.29 is 9.90 Å². The Hall–Kier alpha value is 0.820. The van der Waals surface area contributed by atoms with Crippen molar-refractivity contribution in [3.05, 3.63) is 12.2 Å². The molecule has 0 radical (unpaired) electrons. The summed E-state index contributed by atoms with van der Waals surface area (Å²) in [7, 11) is 0. The van der Waals surface area contributed by atoms with Crippen molar-refractivity contribution in [1.29, 1.82) is 0 Å². The van der Waals surface area contributed by atoms with E-state index in [-0.39, 0.29) is 0 Å². The molecule has 0 saturated heterocycles. The van der Waals surface area contributed by atoms with E-state index in [2.05, 4.69) is 0 Å². The lowest BCUT2D eigenvalue weighted by Gasteiger charge is -2.36. The first-order valence-electron chi connectivity index (χ1n) is 5.52. The van der Waals surface area contributed by atoms with E-state index in [0.717, 1.165) is 0 Å². The molecule has 4 rings (SSSR count). The average Bonchev–Trinajstić information content (AvgIpc) is 2.51. The van der Waals surface area contributed by atoms with Gasteiger partial charge in [-0.3, -0.25) is 4.79 Å². The summed E-state index contributed by atoms with van der Waals surface area (Å²) in [4.78, 5) is 8.09. The highest BCUT2D eigenvalue weighted by molar-refractivity contribution is 6.69. The van der Waals surface area contributed by atoms with E-state index in [0.29, 0.717) is 0 Å². The fraction of sp³-hybridized carbons (Fsp3) is 0.727. The summed E-state index contributed by atoms with van der Waals surface area (Å²) in [5.41, 5.74) is 0. The van der Waals surface area contributed by atoms with Gasteiger partial charge in [0.05, 0.1) is 6.10 Å². The summed E-state index contributed by atoms with van der Waals surface area (Å²) in [6.07, 6.45) is 2.64. The summed E-state index contributed by atoms with van der Waals surface area (Å²) >= 11 is 32.2. The Morgan fingerprint density at radius 2 is 1.56 bits per heavy atom. The van der Waals surface area contributed by atoms with Gasteiger partial charge in [0.2, 0.25) is 0 Å². The molecule has 98 valence electrons. The molecule has 2 unspecified atom stereocenters. The minimum atomic E-state index is -1.70. The minimum absolute atomic E-state index is 0.467. The largest absolute Gasteiger partial charge is 0.392 e. The average molecular weight is 348 g/mol. The minimum Gasteiger partial charge on any atom is -0.392 e. The van der Waals surface area contributed by atoms with E-state index in [1.54, 1.807) is 12.2 Å². The molecule has 0 heterocycles. The van der Waals surface area contributed by atoms with Gasteiger partial charge in [-0.2, -0.15) is 0 Å². The summed E-state index contributed by atoms with van der Waals surface area (Å²) in [6, 6.07) is 0. The number of hydrogen-bond acceptors (Lipinski definition) is 2. The number of hydrogen-bond donors (Lipinski definition) is 1. The molecule has 7 atom stereocenters. The molecule has 0 aromatic carbocycles. The zero-order chi connectivity index (χ0) is 13.3. The molecule has 4 aliphatic carbocycles. The van der Waals surface area contributed by atoms with Crippen LogP contribution in [0.5, 0.6) is 0 Å². The standard InChI is InChI=1S/C11H7Cl5O2/c12-8-4-2-1-3-5(6(4)17)10(8,14)11(15,16)9(3,13)7(8)18/h1-6,17H/t3-,4?,5?,6+,8+,9-,10+/m0/s1. The van der Waals surface area contributed by atoms with Crippen LogP contribution in [0.15, 0.2) is 12.2 Å². The van der Waals surface area contributed by atoms with Crippen LogP contribution in [0.1, 0.15) is 0 Å². The molecule has 0 spiro atoms. The van der Waals surface area contributed by atoms with Gasteiger partial charge in [-0.15, -0.1) is 34.8 Å². The predicted molar refractivity (Wildman–Crippen MR) is 70.8 cm³/mol. The van der Waals surface area contributed by atoms with Gasteiger partial charge in [0.1, 0.15) is 14.6 Å². The van der Waals surface area contributed by atoms with Crippen LogP contribution in [-0.4, -0.2) is 35.9 Å². The van der Waals surface area contributed by atoms with Gasteiger partial charge >= 0.3 is 0 Å². The number of aliphatic hydroxyl groups excluding tert-OH is 1. The molecule has 4 bridgehead atoms. The number of alkyl halides is 5. The molecule has 3 fully saturated rings. The number of fused-ring (bicyclic) bond motifs is 4. The van der Waals surface area contributed by atoms with Gasteiger partial charge in [0.25, 0.3) is 0 Å². The van der Waals surface area contributed by atoms with Crippen molar-refractivity contribution in [3.8, 4) is 0 Å². The van der Waals surface area contributed by atoms with E-state index in [9.17, 15) is 9.90 Å². The van der Waals surface area contributed by atoms with Crippen molar-refractivity contribution in [3.63, 3.8) is 0 Å². The van der Waals surface area contributed by atoms with Gasteiger partial charge in [-0.25, -0.2) is 0 Å². The van der Waals surface area contributed by atoms with E-state index >= 15 is 0 Å². The summed E-state index contributed by atoms with van der Waals surface area (Å²) in [5, 5.41) is 10.3. The normalized spacial score (nSPS) is 66.2. The summed E-state index contributed by atoms with van der Waals surface area (Å²) < 4.78 is -1.70. The first-order valence-corrected chi connectivity index (χ1v) is 7.41. The molecule has 7 heteroatoms. The van der Waals surface area contributed by atoms with Crippen LogP contribution in [0.2, 0.25) is 0 Å². The maximum Gasteiger partial charge on any atom is 0.180 e. The van der Waals surface area contributed by atoms with Crippen LogP contribution in [0, 0.1) is 17.8 Å². The summed E-state index contributed by atoms with van der Waals surface area (Å²) in [5.74, 6) is -2.05. The number of aliphatic hydroxyl groups is 1. The molecule has 4 aliphatic rings.